The fourth-order valence-electron chi connectivity index (χ4n) is 2.37. The van der Waals surface area contributed by atoms with Crippen molar-refractivity contribution in [3.8, 4) is 0 Å². The van der Waals surface area contributed by atoms with Crippen molar-refractivity contribution >= 4 is 11.9 Å². The summed E-state index contributed by atoms with van der Waals surface area (Å²) >= 11 is 0. The van der Waals surface area contributed by atoms with Crippen LogP contribution in [0.25, 0.3) is 0 Å². The molecule has 1 heterocycles. The molecule has 1 amide bonds. The quantitative estimate of drug-likeness (QED) is 0.738. The van der Waals surface area contributed by atoms with Crippen molar-refractivity contribution in [3.63, 3.8) is 0 Å². The molecule has 0 radical (unpaired) electrons. The van der Waals surface area contributed by atoms with Gasteiger partial charge in [-0.05, 0) is 18.6 Å². The van der Waals surface area contributed by atoms with E-state index in [-0.39, 0.29) is 30.5 Å². The SMILES string of the molecule is CC1OCCC1(O)CNC(=O)Cc1ccccc1C(=O)O. The van der Waals surface area contributed by atoms with Gasteiger partial charge in [0.25, 0.3) is 0 Å². The minimum absolute atomic E-state index is 0.0339. The summed E-state index contributed by atoms with van der Waals surface area (Å²) in [6, 6.07) is 6.38. The maximum Gasteiger partial charge on any atom is 0.335 e. The Morgan fingerprint density at radius 1 is 1.43 bits per heavy atom. The van der Waals surface area contributed by atoms with Crippen LogP contribution in [0.1, 0.15) is 29.3 Å². The molecule has 1 aromatic carbocycles. The Balaban J connectivity index is 1.95. The summed E-state index contributed by atoms with van der Waals surface area (Å²) in [5, 5.41) is 22.0. The lowest BCUT2D eigenvalue weighted by atomic mass is 9.96. The second-order valence-corrected chi connectivity index (χ2v) is 5.28. The lowest BCUT2D eigenvalue weighted by molar-refractivity contribution is -0.122. The maximum absolute atomic E-state index is 11.9. The number of hydrogen-bond donors (Lipinski definition) is 3. The number of carboxylic acids is 1. The van der Waals surface area contributed by atoms with E-state index in [2.05, 4.69) is 5.32 Å². The molecule has 0 spiro atoms. The third-order valence-corrected chi connectivity index (χ3v) is 3.85. The highest BCUT2D eigenvalue weighted by Crippen LogP contribution is 2.24. The molecule has 6 heteroatoms. The molecular formula is C15H19NO5. The Kier molecular flexibility index (Phi) is 4.59. The Hall–Kier alpha value is -1.92. The van der Waals surface area contributed by atoms with Gasteiger partial charge in [-0.25, -0.2) is 4.79 Å². The number of benzene rings is 1. The van der Waals surface area contributed by atoms with E-state index in [1.54, 1.807) is 25.1 Å². The molecule has 0 bridgehead atoms. The summed E-state index contributed by atoms with van der Waals surface area (Å²) in [6.07, 6.45) is 0.109. The van der Waals surface area contributed by atoms with E-state index in [4.69, 9.17) is 9.84 Å². The molecule has 1 saturated heterocycles. The van der Waals surface area contributed by atoms with Crippen LogP contribution in [0.15, 0.2) is 24.3 Å². The van der Waals surface area contributed by atoms with Gasteiger partial charge in [0.15, 0.2) is 0 Å². The van der Waals surface area contributed by atoms with Crippen LogP contribution < -0.4 is 5.32 Å². The van der Waals surface area contributed by atoms with Crippen molar-refractivity contribution in [1.82, 2.24) is 5.32 Å². The Bertz CT molecular complexity index is 545. The van der Waals surface area contributed by atoms with Gasteiger partial charge in [-0.3, -0.25) is 4.79 Å². The van der Waals surface area contributed by atoms with Crippen LogP contribution >= 0.6 is 0 Å². The van der Waals surface area contributed by atoms with Gasteiger partial charge >= 0.3 is 5.97 Å². The molecule has 1 aliphatic rings. The summed E-state index contributed by atoms with van der Waals surface area (Å²) in [6.45, 7) is 2.33. The topological polar surface area (TPSA) is 95.9 Å². The van der Waals surface area contributed by atoms with Crippen molar-refractivity contribution in [3.05, 3.63) is 35.4 Å². The highest BCUT2D eigenvalue weighted by molar-refractivity contribution is 5.91. The summed E-state index contributed by atoms with van der Waals surface area (Å²) in [7, 11) is 0. The summed E-state index contributed by atoms with van der Waals surface area (Å²) in [4.78, 5) is 23.0. The van der Waals surface area contributed by atoms with Gasteiger partial charge in [0.2, 0.25) is 5.91 Å². The minimum Gasteiger partial charge on any atom is -0.478 e. The fraction of sp³-hybridized carbons (Fsp3) is 0.467. The van der Waals surface area contributed by atoms with Crippen LogP contribution in [0.5, 0.6) is 0 Å². The maximum atomic E-state index is 11.9. The molecule has 114 valence electrons. The van der Waals surface area contributed by atoms with Gasteiger partial charge in [-0.15, -0.1) is 0 Å². The molecule has 2 rings (SSSR count). The monoisotopic (exact) mass is 293 g/mol. The van der Waals surface area contributed by atoms with Crippen LogP contribution in [0.3, 0.4) is 0 Å². The zero-order chi connectivity index (χ0) is 15.5. The summed E-state index contributed by atoms with van der Waals surface area (Å²) in [5.41, 5.74) is -0.490. The molecule has 6 nitrogen and oxygen atoms in total. The van der Waals surface area contributed by atoms with E-state index < -0.39 is 11.6 Å². The van der Waals surface area contributed by atoms with Gasteiger partial charge in [0.05, 0.1) is 18.1 Å². The van der Waals surface area contributed by atoms with E-state index in [9.17, 15) is 14.7 Å². The third kappa shape index (κ3) is 3.59. The Labute approximate surface area is 122 Å². The smallest absolute Gasteiger partial charge is 0.335 e. The minimum atomic E-state index is -1.06. The third-order valence-electron chi connectivity index (χ3n) is 3.85. The number of carbonyl (C=O) groups is 2. The van der Waals surface area contributed by atoms with Crippen LogP contribution in [0.4, 0.5) is 0 Å². The largest absolute Gasteiger partial charge is 0.478 e. The number of carboxylic acid groups (broad SMARTS) is 1. The first-order valence-corrected chi connectivity index (χ1v) is 6.84. The van der Waals surface area contributed by atoms with Crippen molar-refractivity contribution in [2.45, 2.75) is 31.5 Å². The first kappa shape index (κ1) is 15.5. The van der Waals surface area contributed by atoms with E-state index in [0.717, 1.165) is 0 Å². The molecule has 21 heavy (non-hydrogen) atoms. The normalized spacial score (nSPS) is 24.8. The van der Waals surface area contributed by atoms with Crippen molar-refractivity contribution in [2.75, 3.05) is 13.2 Å². The van der Waals surface area contributed by atoms with Crippen LogP contribution in [0.2, 0.25) is 0 Å². The molecule has 1 fully saturated rings. The van der Waals surface area contributed by atoms with Crippen LogP contribution in [-0.2, 0) is 16.0 Å². The van der Waals surface area contributed by atoms with Crippen molar-refractivity contribution in [1.29, 1.82) is 0 Å². The molecule has 2 unspecified atom stereocenters. The molecule has 1 aliphatic heterocycles. The number of rotatable bonds is 5. The Morgan fingerprint density at radius 2 is 2.14 bits per heavy atom. The summed E-state index contributed by atoms with van der Waals surface area (Å²) in [5.74, 6) is -1.38. The second-order valence-electron chi connectivity index (χ2n) is 5.28. The van der Waals surface area contributed by atoms with Gasteiger partial charge in [-0.1, -0.05) is 18.2 Å². The van der Waals surface area contributed by atoms with Gasteiger partial charge < -0.3 is 20.3 Å². The molecule has 2 atom stereocenters. The van der Waals surface area contributed by atoms with Gasteiger partial charge in [0, 0.05) is 19.6 Å². The first-order chi connectivity index (χ1) is 9.92. The highest BCUT2D eigenvalue weighted by atomic mass is 16.5. The molecular weight excluding hydrogens is 274 g/mol. The van der Waals surface area contributed by atoms with E-state index in [1.165, 1.54) is 6.07 Å². The lowest BCUT2D eigenvalue weighted by Crippen LogP contribution is -2.47. The fourth-order valence-corrected chi connectivity index (χ4v) is 2.37. The summed E-state index contributed by atoms with van der Waals surface area (Å²) < 4.78 is 5.29. The first-order valence-electron chi connectivity index (χ1n) is 6.84. The molecule has 0 aliphatic carbocycles. The Morgan fingerprint density at radius 3 is 2.76 bits per heavy atom. The number of aliphatic hydroxyl groups is 1. The second kappa shape index (κ2) is 6.24. The zero-order valence-electron chi connectivity index (χ0n) is 11.8. The van der Waals surface area contributed by atoms with Crippen molar-refractivity contribution < 1.29 is 24.5 Å². The standard InChI is InChI=1S/C15H19NO5/c1-10-15(20,6-7-21-10)9-16-13(17)8-11-4-2-3-5-12(11)14(18)19/h2-5,10,20H,6-9H2,1H3,(H,16,17)(H,18,19). The number of nitrogens with one attached hydrogen (secondary N) is 1. The van der Waals surface area contributed by atoms with E-state index in [0.29, 0.717) is 18.6 Å². The number of hydrogen-bond acceptors (Lipinski definition) is 4. The predicted molar refractivity (Wildman–Crippen MR) is 75.1 cm³/mol. The number of ether oxygens (including phenoxy) is 1. The molecule has 0 aromatic heterocycles. The zero-order valence-corrected chi connectivity index (χ0v) is 11.8. The number of aromatic carboxylic acids is 1. The van der Waals surface area contributed by atoms with Gasteiger partial charge in [-0.2, -0.15) is 0 Å². The highest BCUT2D eigenvalue weighted by Gasteiger charge is 2.39. The van der Waals surface area contributed by atoms with Crippen LogP contribution in [-0.4, -0.2) is 46.9 Å². The molecule has 0 saturated carbocycles. The van der Waals surface area contributed by atoms with E-state index in [1.807, 2.05) is 0 Å². The predicted octanol–water partition coefficient (Wildman–Crippen LogP) is 0.583. The number of amides is 1. The molecule has 3 N–H and O–H groups in total. The van der Waals surface area contributed by atoms with Crippen molar-refractivity contribution in [2.24, 2.45) is 0 Å². The van der Waals surface area contributed by atoms with Gasteiger partial charge in [0.1, 0.15) is 5.60 Å². The van der Waals surface area contributed by atoms with Crippen LogP contribution in [0, 0.1) is 0 Å². The number of carbonyl (C=O) groups excluding carboxylic acids is 1. The average Bonchev–Trinajstić information content (AvgIpc) is 2.77. The lowest BCUT2D eigenvalue weighted by Gasteiger charge is -2.26. The average molecular weight is 293 g/mol. The molecule has 1 aromatic rings. The van der Waals surface area contributed by atoms with E-state index >= 15 is 0 Å².